The number of carbonyl (C=O) groups excluding carboxylic acids is 1. The number of amides is 1. The fourth-order valence-corrected chi connectivity index (χ4v) is 2.01. The highest BCUT2D eigenvalue weighted by atomic mass is 35.5. The van der Waals surface area contributed by atoms with Gasteiger partial charge in [0, 0.05) is 18.1 Å². The Morgan fingerprint density at radius 2 is 2.35 bits per heavy atom. The first-order chi connectivity index (χ1) is 8.19. The van der Waals surface area contributed by atoms with Crippen LogP contribution in [0.4, 0.5) is 0 Å². The lowest BCUT2D eigenvalue weighted by atomic mass is 10.2. The van der Waals surface area contributed by atoms with Crippen LogP contribution in [0.5, 0.6) is 0 Å². The first-order valence-corrected chi connectivity index (χ1v) is 5.81. The van der Waals surface area contributed by atoms with Crippen LogP contribution in [0, 0.1) is 0 Å². The lowest BCUT2D eigenvalue weighted by Gasteiger charge is -2.31. The Morgan fingerprint density at radius 3 is 3.06 bits per heavy atom. The Bertz CT molecular complexity index is 410. The zero-order valence-corrected chi connectivity index (χ0v) is 10.1. The molecule has 1 aliphatic heterocycles. The van der Waals surface area contributed by atoms with Crippen LogP contribution >= 0.6 is 11.6 Å². The van der Waals surface area contributed by atoms with Crippen molar-refractivity contribution >= 4 is 17.5 Å². The van der Waals surface area contributed by atoms with E-state index in [-0.39, 0.29) is 25.2 Å². The average Bonchev–Trinajstić information content (AvgIpc) is 2.32. The molecule has 92 valence electrons. The molecule has 1 amide bonds. The Hall–Kier alpha value is -1.10. The van der Waals surface area contributed by atoms with Gasteiger partial charge in [0.15, 0.2) is 0 Å². The molecule has 5 heteroatoms. The number of hydrogen-bond donors (Lipinski definition) is 1. The molecule has 1 aromatic rings. The van der Waals surface area contributed by atoms with E-state index in [1.807, 2.05) is 18.2 Å². The van der Waals surface area contributed by atoms with Crippen molar-refractivity contribution in [3.8, 4) is 0 Å². The smallest absolute Gasteiger partial charge is 0.248 e. The number of carbonyl (C=O) groups is 1. The van der Waals surface area contributed by atoms with Crippen LogP contribution in [-0.2, 0) is 16.1 Å². The molecule has 4 nitrogen and oxygen atoms in total. The van der Waals surface area contributed by atoms with Gasteiger partial charge in [-0.3, -0.25) is 4.79 Å². The quantitative estimate of drug-likeness (QED) is 0.879. The van der Waals surface area contributed by atoms with Crippen molar-refractivity contribution in [3.63, 3.8) is 0 Å². The van der Waals surface area contributed by atoms with Gasteiger partial charge in [-0.05, 0) is 17.7 Å². The zero-order chi connectivity index (χ0) is 12.3. The van der Waals surface area contributed by atoms with Gasteiger partial charge in [0.1, 0.15) is 6.61 Å². The monoisotopic (exact) mass is 255 g/mol. The molecule has 1 N–H and O–H groups in total. The van der Waals surface area contributed by atoms with Crippen molar-refractivity contribution in [2.75, 3.05) is 19.8 Å². The minimum Gasteiger partial charge on any atom is -0.394 e. The molecule has 1 aliphatic rings. The van der Waals surface area contributed by atoms with Crippen LogP contribution in [0.3, 0.4) is 0 Å². The van der Waals surface area contributed by atoms with Crippen LogP contribution in [-0.4, -0.2) is 41.8 Å². The standard InChI is InChI=1S/C12H14ClNO3/c13-10-3-1-2-9(4-10)5-14-6-11(7-15)17-8-12(14)16/h1-4,11,15H,5-8H2. The van der Waals surface area contributed by atoms with Gasteiger partial charge in [-0.25, -0.2) is 0 Å². The number of nitrogens with zero attached hydrogens (tertiary/aromatic N) is 1. The number of aliphatic hydroxyl groups is 1. The van der Waals surface area contributed by atoms with E-state index >= 15 is 0 Å². The Morgan fingerprint density at radius 1 is 1.53 bits per heavy atom. The fraction of sp³-hybridized carbons (Fsp3) is 0.417. The van der Waals surface area contributed by atoms with Crippen molar-refractivity contribution in [3.05, 3.63) is 34.9 Å². The van der Waals surface area contributed by atoms with E-state index in [0.29, 0.717) is 18.1 Å². The summed E-state index contributed by atoms with van der Waals surface area (Å²) in [6.07, 6.45) is -0.285. The van der Waals surface area contributed by atoms with Crippen LogP contribution in [0.1, 0.15) is 5.56 Å². The molecule has 2 rings (SSSR count). The second-order valence-electron chi connectivity index (χ2n) is 4.02. The van der Waals surface area contributed by atoms with Gasteiger partial charge in [0.05, 0.1) is 12.7 Å². The minimum atomic E-state index is -0.285. The predicted molar refractivity (Wildman–Crippen MR) is 63.7 cm³/mol. The summed E-state index contributed by atoms with van der Waals surface area (Å²) in [5.41, 5.74) is 0.976. The highest BCUT2D eigenvalue weighted by molar-refractivity contribution is 6.30. The molecular formula is C12H14ClNO3. The van der Waals surface area contributed by atoms with Crippen LogP contribution in [0.15, 0.2) is 24.3 Å². The molecule has 0 radical (unpaired) electrons. The predicted octanol–water partition coefficient (Wildman–Crippen LogP) is 1.06. The van der Waals surface area contributed by atoms with Gasteiger partial charge >= 0.3 is 0 Å². The van der Waals surface area contributed by atoms with E-state index in [2.05, 4.69) is 0 Å². The third-order valence-corrected chi connectivity index (χ3v) is 2.92. The van der Waals surface area contributed by atoms with Gasteiger partial charge in [-0.2, -0.15) is 0 Å². The van der Waals surface area contributed by atoms with Crippen LogP contribution in [0.25, 0.3) is 0 Å². The Labute approximate surface area is 105 Å². The van der Waals surface area contributed by atoms with E-state index in [1.54, 1.807) is 11.0 Å². The second kappa shape index (κ2) is 5.49. The second-order valence-corrected chi connectivity index (χ2v) is 4.46. The minimum absolute atomic E-state index is 0.0335. The summed E-state index contributed by atoms with van der Waals surface area (Å²) >= 11 is 5.89. The van der Waals surface area contributed by atoms with Crippen molar-refractivity contribution in [1.82, 2.24) is 4.90 Å². The molecule has 0 saturated carbocycles. The number of morpholine rings is 1. The number of rotatable bonds is 3. The van der Waals surface area contributed by atoms with Gasteiger partial charge in [0.25, 0.3) is 0 Å². The van der Waals surface area contributed by atoms with E-state index in [0.717, 1.165) is 5.56 Å². The largest absolute Gasteiger partial charge is 0.394 e. The van der Waals surface area contributed by atoms with Gasteiger partial charge in [-0.15, -0.1) is 0 Å². The molecule has 0 aliphatic carbocycles. The summed E-state index contributed by atoms with van der Waals surface area (Å²) in [6, 6.07) is 7.40. The molecule has 0 aromatic heterocycles. The highest BCUT2D eigenvalue weighted by Crippen LogP contribution is 2.15. The van der Waals surface area contributed by atoms with E-state index in [4.69, 9.17) is 21.4 Å². The highest BCUT2D eigenvalue weighted by Gasteiger charge is 2.25. The maximum absolute atomic E-state index is 11.6. The molecule has 17 heavy (non-hydrogen) atoms. The molecule has 1 atom stereocenters. The third-order valence-electron chi connectivity index (χ3n) is 2.69. The summed E-state index contributed by atoms with van der Waals surface area (Å²) in [5.74, 6) is -0.0605. The number of benzene rings is 1. The van der Waals surface area contributed by atoms with Crippen molar-refractivity contribution < 1.29 is 14.6 Å². The lowest BCUT2D eigenvalue weighted by Crippen LogP contribution is -2.47. The van der Waals surface area contributed by atoms with Crippen molar-refractivity contribution in [2.45, 2.75) is 12.6 Å². The summed E-state index contributed by atoms with van der Waals surface area (Å²) in [4.78, 5) is 13.3. The van der Waals surface area contributed by atoms with Gasteiger partial charge in [0.2, 0.25) is 5.91 Å². The third kappa shape index (κ3) is 3.19. The number of aliphatic hydroxyl groups excluding tert-OH is 1. The molecule has 1 unspecified atom stereocenters. The van der Waals surface area contributed by atoms with Crippen LogP contribution < -0.4 is 0 Å². The van der Waals surface area contributed by atoms with Gasteiger partial charge in [-0.1, -0.05) is 23.7 Å². The number of halogens is 1. The fourth-order valence-electron chi connectivity index (χ4n) is 1.80. The first-order valence-electron chi connectivity index (χ1n) is 5.43. The van der Waals surface area contributed by atoms with E-state index in [1.165, 1.54) is 0 Å². The average molecular weight is 256 g/mol. The molecule has 0 spiro atoms. The van der Waals surface area contributed by atoms with E-state index < -0.39 is 0 Å². The molecule has 1 aromatic carbocycles. The first kappa shape index (κ1) is 12.4. The maximum Gasteiger partial charge on any atom is 0.248 e. The molecule has 1 saturated heterocycles. The SMILES string of the molecule is O=C1COC(CO)CN1Cc1cccc(Cl)c1. The summed E-state index contributed by atoms with van der Waals surface area (Å²) in [6.45, 7) is 0.881. The zero-order valence-electron chi connectivity index (χ0n) is 9.30. The summed E-state index contributed by atoms with van der Waals surface area (Å²) in [7, 11) is 0. The molecule has 0 bridgehead atoms. The topological polar surface area (TPSA) is 49.8 Å². The number of hydrogen-bond acceptors (Lipinski definition) is 3. The maximum atomic E-state index is 11.6. The normalized spacial score (nSPS) is 20.7. The summed E-state index contributed by atoms with van der Waals surface area (Å²) < 4.78 is 5.16. The van der Waals surface area contributed by atoms with Crippen molar-refractivity contribution in [2.24, 2.45) is 0 Å². The Balaban J connectivity index is 2.04. The lowest BCUT2D eigenvalue weighted by molar-refractivity contribution is -0.151. The van der Waals surface area contributed by atoms with Gasteiger partial charge < -0.3 is 14.7 Å². The Kier molecular flexibility index (Phi) is 3.99. The van der Waals surface area contributed by atoms with Crippen molar-refractivity contribution in [1.29, 1.82) is 0 Å². The summed E-state index contributed by atoms with van der Waals surface area (Å²) in [5, 5.41) is 9.68. The number of ether oxygens (including phenoxy) is 1. The van der Waals surface area contributed by atoms with Crippen LogP contribution in [0.2, 0.25) is 5.02 Å². The molecular weight excluding hydrogens is 242 g/mol. The molecule has 1 fully saturated rings. The van der Waals surface area contributed by atoms with E-state index in [9.17, 15) is 4.79 Å². The molecule has 1 heterocycles.